The number of aromatic nitrogens is 1. The highest BCUT2D eigenvalue weighted by atomic mass is 127. The standard InChI is InChI=1S/C19H25N2O2.HI/c1-2-21(14-16-23)19-7-5-17(6-8-19)3-4-18-9-11-20(12-10-18)13-15-22;/h3-12,22-23H,2,13-16H2,1H3;1H/q+1;/p-1. The van der Waals surface area contributed by atoms with Gasteiger partial charge in [0.2, 0.25) is 0 Å². The molecular weight excluding hydrogens is 415 g/mol. The van der Waals surface area contributed by atoms with E-state index in [1.165, 1.54) is 0 Å². The van der Waals surface area contributed by atoms with E-state index in [-0.39, 0.29) is 37.2 Å². The van der Waals surface area contributed by atoms with Crippen LogP contribution in [0.25, 0.3) is 12.2 Å². The Labute approximate surface area is 161 Å². The van der Waals surface area contributed by atoms with Gasteiger partial charge in [-0.1, -0.05) is 24.3 Å². The van der Waals surface area contributed by atoms with Gasteiger partial charge in [0, 0.05) is 30.9 Å². The van der Waals surface area contributed by atoms with Crippen molar-refractivity contribution in [1.82, 2.24) is 0 Å². The summed E-state index contributed by atoms with van der Waals surface area (Å²) >= 11 is 0. The molecule has 2 N–H and O–H groups in total. The molecule has 0 saturated heterocycles. The first-order valence-corrected chi connectivity index (χ1v) is 8.00. The first-order valence-electron chi connectivity index (χ1n) is 8.00. The minimum absolute atomic E-state index is 0. The molecule has 0 amide bonds. The lowest BCUT2D eigenvalue weighted by atomic mass is 10.1. The average Bonchev–Trinajstić information content (AvgIpc) is 2.60. The van der Waals surface area contributed by atoms with Crippen LogP contribution < -0.4 is 33.4 Å². The van der Waals surface area contributed by atoms with Crippen molar-refractivity contribution in [3.05, 3.63) is 59.9 Å². The third-order valence-corrected chi connectivity index (χ3v) is 3.75. The fourth-order valence-corrected chi connectivity index (χ4v) is 2.42. The van der Waals surface area contributed by atoms with Crippen molar-refractivity contribution >= 4 is 17.8 Å². The highest BCUT2D eigenvalue weighted by Crippen LogP contribution is 2.16. The molecule has 0 bridgehead atoms. The third kappa shape index (κ3) is 6.22. The fraction of sp³-hybridized carbons (Fsp3) is 0.316. The van der Waals surface area contributed by atoms with Crippen LogP contribution in [0.4, 0.5) is 5.69 Å². The maximum atomic E-state index is 9.08. The molecule has 24 heavy (non-hydrogen) atoms. The van der Waals surface area contributed by atoms with Crippen molar-refractivity contribution in [2.45, 2.75) is 13.5 Å². The van der Waals surface area contributed by atoms with Crippen molar-refractivity contribution in [3.63, 3.8) is 0 Å². The molecule has 1 aromatic carbocycles. The number of benzene rings is 1. The van der Waals surface area contributed by atoms with E-state index in [9.17, 15) is 0 Å². The van der Waals surface area contributed by atoms with Crippen molar-refractivity contribution < 1.29 is 38.8 Å². The molecule has 2 rings (SSSR count). The Morgan fingerprint density at radius 2 is 1.50 bits per heavy atom. The predicted molar refractivity (Wildman–Crippen MR) is 94.1 cm³/mol. The Morgan fingerprint density at radius 3 is 2.00 bits per heavy atom. The maximum Gasteiger partial charge on any atom is 0.171 e. The zero-order valence-electron chi connectivity index (χ0n) is 14.0. The lowest BCUT2D eigenvalue weighted by Crippen LogP contribution is -3.00. The lowest BCUT2D eigenvalue weighted by molar-refractivity contribution is -0.698. The topological polar surface area (TPSA) is 47.6 Å². The summed E-state index contributed by atoms with van der Waals surface area (Å²) in [5, 5.41) is 18.0. The number of rotatable bonds is 8. The van der Waals surface area contributed by atoms with Gasteiger partial charge >= 0.3 is 0 Å². The molecule has 0 saturated carbocycles. The van der Waals surface area contributed by atoms with Gasteiger partial charge in [-0.05, 0) is 30.2 Å². The summed E-state index contributed by atoms with van der Waals surface area (Å²) in [4.78, 5) is 2.14. The van der Waals surface area contributed by atoms with Gasteiger partial charge in [-0.2, -0.15) is 0 Å². The van der Waals surface area contributed by atoms with E-state index in [0.717, 1.165) is 23.4 Å². The first kappa shape index (κ1) is 20.6. The summed E-state index contributed by atoms with van der Waals surface area (Å²) in [7, 11) is 0. The van der Waals surface area contributed by atoms with Crippen LogP contribution in [-0.2, 0) is 6.54 Å². The average molecular weight is 440 g/mol. The van der Waals surface area contributed by atoms with E-state index in [2.05, 4.69) is 48.2 Å². The highest BCUT2D eigenvalue weighted by Gasteiger charge is 2.02. The van der Waals surface area contributed by atoms with Gasteiger partial charge in [-0.25, -0.2) is 4.57 Å². The van der Waals surface area contributed by atoms with Gasteiger partial charge in [-0.3, -0.25) is 0 Å². The normalized spacial score (nSPS) is 10.6. The molecule has 1 heterocycles. The second-order valence-electron chi connectivity index (χ2n) is 5.32. The second-order valence-corrected chi connectivity index (χ2v) is 5.32. The summed E-state index contributed by atoms with van der Waals surface area (Å²) in [6, 6.07) is 12.4. The largest absolute Gasteiger partial charge is 1.00 e. The van der Waals surface area contributed by atoms with Gasteiger partial charge in [0.05, 0.1) is 6.61 Å². The molecule has 0 unspecified atom stereocenters. The lowest BCUT2D eigenvalue weighted by Gasteiger charge is -2.21. The monoisotopic (exact) mass is 440 g/mol. The molecule has 0 radical (unpaired) electrons. The van der Waals surface area contributed by atoms with Crippen LogP contribution in [0.1, 0.15) is 18.1 Å². The minimum atomic E-state index is 0. The van der Waals surface area contributed by atoms with E-state index in [1.807, 2.05) is 29.1 Å². The fourth-order valence-electron chi connectivity index (χ4n) is 2.42. The van der Waals surface area contributed by atoms with Crippen molar-refractivity contribution in [3.8, 4) is 0 Å². The summed E-state index contributed by atoms with van der Waals surface area (Å²) in [5.41, 5.74) is 3.39. The molecule has 0 atom stereocenters. The van der Waals surface area contributed by atoms with Crippen LogP contribution in [0, 0.1) is 0 Å². The van der Waals surface area contributed by atoms with E-state index in [0.29, 0.717) is 13.1 Å². The van der Waals surface area contributed by atoms with Crippen molar-refractivity contribution in [1.29, 1.82) is 0 Å². The second kappa shape index (κ2) is 11.2. The molecule has 0 aliphatic rings. The highest BCUT2D eigenvalue weighted by molar-refractivity contribution is 5.70. The molecule has 0 spiro atoms. The molecule has 1 aromatic heterocycles. The van der Waals surface area contributed by atoms with E-state index in [4.69, 9.17) is 10.2 Å². The first-order chi connectivity index (χ1) is 11.3. The molecule has 0 aliphatic carbocycles. The Kier molecular flexibility index (Phi) is 9.59. The van der Waals surface area contributed by atoms with E-state index in [1.54, 1.807) is 0 Å². The Bertz CT molecular complexity index is 612. The molecule has 0 fully saturated rings. The van der Waals surface area contributed by atoms with E-state index >= 15 is 0 Å². The number of hydrogen-bond acceptors (Lipinski definition) is 3. The predicted octanol–water partition coefficient (Wildman–Crippen LogP) is -1.04. The molecule has 5 heteroatoms. The van der Waals surface area contributed by atoms with Gasteiger partial charge in [0.15, 0.2) is 18.9 Å². The molecule has 2 aromatic rings. The number of nitrogens with zero attached hydrogens (tertiary/aromatic N) is 2. The van der Waals surface area contributed by atoms with Gasteiger partial charge in [0.1, 0.15) is 6.61 Å². The van der Waals surface area contributed by atoms with Crippen molar-refractivity contribution in [2.24, 2.45) is 0 Å². The SMILES string of the molecule is CCN(CCO)c1ccc(C=Cc2cc[n+](CCO)cc2)cc1.[I-]. The Balaban J connectivity index is 0.00000288. The number of anilines is 1. The number of pyridine rings is 1. The third-order valence-electron chi connectivity index (χ3n) is 3.75. The number of hydrogen-bond donors (Lipinski definition) is 2. The summed E-state index contributed by atoms with van der Waals surface area (Å²) < 4.78 is 1.95. The van der Waals surface area contributed by atoms with Gasteiger partial charge in [-0.15, -0.1) is 0 Å². The van der Waals surface area contributed by atoms with Crippen LogP contribution in [-0.4, -0.2) is 36.5 Å². The number of halogens is 1. The summed E-state index contributed by atoms with van der Waals surface area (Å²) in [6.07, 6.45) is 8.08. The number of aliphatic hydroxyl groups is 2. The minimum Gasteiger partial charge on any atom is -1.00 e. The summed E-state index contributed by atoms with van der Waals surface area (Å²) in [6.45, 7) is 4.56. The molecule has 4 nitrogen and oxygen atoms in total. The molecule has 130 valence electrons. The smallest absolute Gasteiger partial charge is 0.171 e. The van der Waals surface area contributed by atoms with E-state index < -0.39 is 0 Å². The van der Waals surface area contributed by atoms with Gasteiger partial charge < -0.3 is 39.1 Å². The van der Waals surface area contributed by atoms with Crippen LogP contribution >= 0.6 is 0 Å². The van der Waals surface area contributed by atoms with Crippen molar-refractivity contribution in [2.75, 3.05) is 31.2 Å². The zero-order valence-corrected chi connectivity index (χ0v) is 16.1. The zero-order chi connectivity index (χ0) is 16.5. The quantitative estimate of drug-likeness (QED) is 0.408. The van der Waals surface area contributed by atoms with Gasteiger partial charge in [0.25, 0.3) is 0 Å². The summed E-state index contributed by atoms with van der Waals surface area (Å²) in [5.74, 6) is 0. The molecular formula is C19H25IN2O2. The molecule has 0 aliphatic heterocycles. The number of likely N-dealkylation sites (N-methyl/N-ethyl adjacent to an activating group) is 1. The van der Waals surface area contributed by atoms with Crippen LogP contribution in [0.15, 0.2) is 48.8 Å². The maximum absolute atomic E-state index is 9.08. The van der Waals surface area contributed by atoms with Crippen LogP contribution in [0.3, 0.4) is 0 Å². The number of aliphatic hydroxyl groups excluding tert-OH is 2. The Morgan fingerprint density at radius 1 is 0.917 bits per heavy atom. The van der Waals surface area contributed by atoms with Crippen LogP contribution in [0.5, 0.6) is 0 Å². The Hall–Kier alpha value is -1.44. The van der Waals surface area contributed by atoms with Crippen LogP contribution in [0.2, 0.25) is 0 Å².